The van der Waals surface area contributed by atoms with Gasteiger partial charge in [0.05, 0.1) is 0 Å². The number of aryl methyl sites for hydroxylation is 1. The van der Waals surface area contributed by atoms with Gasteiger partial charge in [0.2, 0.25) is 0 Å². The third-order valence-corrected chi connectivity index (χ3v) is 2.83. The van der Waals surface area contributed by atoms with Gasteiger partial charge in [-0.25, -0.2) is 4.57 Å². The van der Waals surface area contributed by atoms with Crippen LogP contribution in [0.4, 0.5) is 0 Å². The maximum Gasteiger partial charge on any atom is 0.524 e. The molecule has 84 valence electrons. The number of hydrogen-bond acceptors (Lipinski definition) is 2. The second kappa shape index (κ2) is 4.35. The molecule has 0 aliphatic rings. The van der Waals surface area contributed by atoms with Crippen LogP contribution in [0.25, 0.3) is 0 Å². The molecule has 0 saturated carbocycles. The average molecular weight is 230 g/mol. The highest BCUT2D eigenvalue weighted by atomic mass is 31.2. The molecule has 1 rings (SSSR count). The molecular formula is C10H15O4P. The minimum atomic E-state index is -4.46. The first-order valence-corrected chi connectivity index (χ1v) is 6.22. The Morgan fingerprint density at radius 2 is 1.93 bits per heavy atom. The van der Waals surface area contributed by atoms with Crippen molar-refractivity contribution in [3.8, 4) is 5.75 Å². The lowest BCUT2D eigenvalue weighted by molar-refractivity contribution is 0.282. The van der Waals surface area contributed by atoms with Gasteiger partial charge in [-0.15, -0.1) is 0 Å². The molecule has 4 nitrogen and oxygen atoms in total. The van der Waals surface area contributed by atoms with E-state index in [0.29, 0.717) is 6.42 Å². The molecule has 0 spiro atoms. The summed E-state index contributed by atoms with van der Waals surface area (Å²) >= 11 is 0. The van der Waals surface area contributed by atoms with Crippen LogP contribution in [0.5, 0.6) is 5.75 Å². The highest BCUT2D eigenvalue weighted by Gasteiger charge is 2.18. The predicted molar refractivity (Wildman–Crippen MR) is 58.0 cm³/mol. The van der Waals surface area contributed by atoms with E-state index in [4.69, 9.17) is 9.79 Å². The lowest BCUT2D eigenvalue weighted by Gasteiger charge is -2.14. The summed E-state index contributed by atoms with van der Waals surface area (Å²) in [5.41, 5.74) is 2.95. The van der Waals surface area contributed by atoms with Crippen LogP contribution in [0.3, 0.4) is 0 Å². The van der Waals surface area contributed by atoms with E-state index in [1.165, 1.54) is 0 Å². The molecule has 0 aromatic heterocycles. The highest BCUT2D eigenvalue weighted by molar-refractivity contribution is 7.46. The molecule has 15 heavy (non-hydrogen) atoms. The van der Waals surface area contributed by atoms with Crippen molar-refractivity contribution in [2.75, 3.05) is 0 Å². The Kier molecular flexibility index (Phi) is 3.55. The monoisotopic (exact) mass is 230 g/mol. The van der Waals surface area contributed by atoms with Crippen LogP contribution >= 0.6 is 7.82 Å². The van der Waals surface area contributed by atoms with Crippen molar-refractivity contribution in [1.82, 2.24) is 0 Å². The zero-order valence-electron chi connectivity index (χ0n) is 9.02. The molecule has 0 saturated heterocycles. The second-order valence-corrected chi connectivity index (χ2v) is 4.58. The summed E-state index contributed by atoms with van der Waals surface area (Å²) in [5, 5.41) is 0. The molecule has 0 bridgehead atoms. The third kappa shape index (κ3) is 3.06. The number of phosphoric ester groups is 1. The number of benzene rings is 1. The lowest BCUT2D eigenvalue weighted by atomic mass is 10.0. The number of rotatable bonds is 3. The van der Waals surface area contributed by atoms with Crippen molar-refractivity contribution in [3.63, 3.8) is 0 Å². The number of hydrogen-bond donors (Lipinski definition) is 2. The van der Waals surface area contributed by atoms with E-state index < -0.39 is 7.82 Å². The van der Waals surface area contributed by atoms with Gasteiger partial charge in [0.1, 0.15) is 5.75 Å². The standard InChI is InChI=1S/C10H15O4P/c1-4-9-8(3)7(2)5-6-10(9)14-15(11,12)13/h5-6H,4H2,1-3H3,(H2,11,12,13). The van der Waals surface area contributed by atoms with Gasteiger partial charge in [0.25, 0.3) is 0 Å². The summed E-state index contributed by atoms with van der Waals surface area (Å²) in [6.07, 6.45) is 0.683. The van der Waals surface area contributed by atoms with Crippen LogP contribution in [-0.2, 0) is 11.0 Å². The molecule has 1 aromatic carbocycles. The Bertz CT molecular complexity index is 408. The number of phosphoric acid groups is 1. The first kappa shape index (κ1) is 12.2. The molecule has 1 aromatic rings. The Balaban J connectivity index is 3.19. The Morgan fingerprint density at radius 1 is 1.33 bits per heavy atom. The van der Waals surface area contributed by atoms with Gasteiger partial charge in [0, 0.05) is 0 Å². The molecular weight excluding hydrogens is 215 g/mol. The summed E-state index contributed by atoms with van der Waals surface area (Å²) < 4.78 is 15.4. The van der Waals surface area contributed by atoms with E-state index in [1.54, 1.807) is 12.1 Å². The third-order valence-electron chi connectivity index (χ3n) is 2.40. The first-order valence-electron chi connectivity index (χ1n) is 4.69. The van der Waals surface area contributed by atoms with Gasteiger partial charge in [0.15, 0.2) is 0 Å². The quantitative estimate of drug-likeness (QED) is 0.782. The van der Waals surface area contributed by atoms with E-state index in [1.807, 2.05) is 20.8 Å². The van der Waals surface area contributed by atoms with Crippen molar-refractivity contribution in [1.29, 1.82) is 0 Å². The molecule has 2 N–H and O–H groups in total. The lowest BCUT2D eigenvalue weighted by Crippen LogP contribution is -1.98. The van der Waals surface area contributed by atoms with E-state index in [-0.39, 0.29) is 5.75 Å². The van der Waals surface area contributed by atoms with Gasteiger partial charge in [-0.1, -0.05) is 13.0 Å². The highest BCUT2D eigenvalue weighted by Crippen LogP contribution is 2.40. The maximum absolute atomic E-state index is 10.7. The molecule has 0 radical (unpaired) electrons. The summed E-state index contributed by atoms with van der Waals surface area (Å²) in [6, 6.07) is 3.39. The minimum Gasteiger partial charge on any atom is -0.404 e. The van der Waals surface area contributed by atoms with Crippen molar-refractivity contribution >= 4 is 7.82 Å². The summed E-state index contributed by atoms with van der Waals surface area (Å²) in [6.45, 7) is 5.80. The fraction of sp³-hybridized carbons (Fsp3) is 0.400. The Morgan fingerprint density at radius 3 is 2.40 bits per heavy atom. The van der Waals surface area contributed by atoms with Crippen molar-refractivity contribution in [2.45, 2.75) is 27.2 Å². The van der Waals surface area contributed by atoms with E-state index in [0.717, 1.165) is 16.7 Å². The summed E-state index contributed by atoms with van der Waals surface area (Å²) in [5.74, 6) is 0.272. The fourth-order valence-electron chi connectivity index (χ4n) is 1.50. The first-order chi connectivity index (χ1) is 6.85. The van der Waals surface area contributed by atoms with Gasteiger partial charge in [-0.2, -0.15) is 0 Å². The average Bonchev–Trinajstić information content (AvgIpc) is 2.10. The molecule has 0 amide bonds. The van der Waals surface area contributed by atoms with Crippen LogP contribution in [0.1, 0.15) is 23.6 Å². The fourth-order valence-corrected chi connectivity index (χ4v) is 1.93. The topological polar surface area (TPSA) is 66.8 Å². The smallest absolute Gasteiger partial charge is 0.404 e. The van der Waals surface area contributed by atoms with Crippen molar-refractivity contribution in [2.24, 2.45) is 0 Å². The van der Waals surface area contributed by atoms with Gasteiger partial charge in [-0.05, 0) is 43.0 Å². The molecule has 0 atom stereocenters. The Labute approximate surface area is 89.1 Å². The van der Waals surface area contributed by atoms with Crippen molar-refractivity contribution < 1.29 is 18.9 Å². The van der Waals surface area contributed by atoms with Crippen molar-refractivity contribution in [3.05, 3.63) is 28.8 Å². The van der Waals surface area contributed by atoms with Crippen LogP contribution in [0.15, 0.2) is 12.1 Å². The van der Waals surface area contributed by atoms with Gasteiger partial charge in [-0.3, -0.25) is 9.79 Å². The van der Waals surface area contributed by atoms with E-state index >= 15 is 0 Å². The summed E-state index contributed by atoms with van der Waals surface area (Å²) in [7, 11) is -4.46. The normalized spacial score (nSPS) is 11.5. The molecule has 0 aliphatic heterocycles. The zero-order chi connectivity index (χ0) is 11.6. The largest absolute Gasteiger partial charge is 0.524 e. The Hall–Kier alpha value is -0.830. The van der Waals surface area contributed by atoms with Crippen LogP contribution in [0, 0.1) is 13.8 Å². The van der Waals surface area contributed by atoms with E-state index in [9.17, 15) is 4.57 Å². The minimum absolute atomic E-state index is 0.272. The SMILES string of the molecule is CCc1c(OP(=O)(O)O)ccc(C)c1C. The molecule has 5 heteroatoms. The van der Waals surface area contributed by atoms with Crippen LogP contribution in [-0.4, -0.2) is 9.79 Å². The van der Waals surface area contributed by atoms with Gasteiger partial charge >= 0.3 is 7.82 Å². The van der Waals surface area contributed by atoms with Crippen LogP contribution < -0.4 is 4.52 Å². The molecule has 0 heterocycles. The second-order valence-electron chi connectivity index (χ2n) is 3.42. The van der Waals surface area contributed by atoms with Gasteiger partial charge < -0.3 is 4.52 Å². The zero-order valence-corrected chi connectivity index (χ0v) is 9.91. The summed E-state index contributed by atoms with van der Waals surface area (Å²) in [4.78, 5) is 17.5. The molecule has 0 fully saturated rings. The predicted octanol–water partition coefficient (Wildman–Crippen LogP) is 2.34. The molecule has 0 unspecified atom stereocenters. The van der Waals surface area contributed by atoms with E-state index in [2.05, 4.69) is 4.52 Å². The maximum atomic E-state index is 10.7. The van der Waals surface area contributed by atoms with Crippen LogP contribution in [0.2, 0.25) is 0 Å². The molecule has 0 aliphatic carbocycles.